The van der Waals surface area contributed by atoms with Crippen molar-refractivity contribution < 1.29 is 39.2 Å². The van der Waals surface area contributed by atoms with Crippen molar-refractivity contribution in [2.45, 2.75) is 31.6 Å². The summed E-state index contributed by atoms with van der Waals surface area (Å²) in [6, 6.07) is 10.5. The van der Waals surface area contributed by atoms with Gasteiger partial charge < -0.3 is 40.5 Å². The molecule has 0 spiro atoms. The summed E-state index contributed by atoms with van der Waals surface area (Å²) in [5.74, 6) is -1.59. The maximum Gasteiger partial charge on any atom is 0.323 e. The first-order valence-corrected chi connectivity index (χ1v) is 13.3. The minimum atomic E-state index is -1.45. The number of hydrogen-bond acceptors (Lipinski definition) is 8. The molecule has 13 nitrogen and oxygen atoms in total. The Morgan fingerprint density at radius 2 is 1.66 bits per heavy atom. The van der Waals surface area contributed by atoms with Crippen molar-refractivity contribution in [2.75, 3.05) is 57.0 Å². The number of aryl methyl sites for hydroxylation is 1. The second-order valence-electron chi connectivity index (χ2n) is 10.1. The number of aliphatic hydroxyl groups is 2. The Labute approximate surface area is 237 Å². The number of ether oxygens (including phenoxy) is 1. The van der Waals surface area contributed by atoms with Crippen LogP contribution in [0.2, 0.25) is 0 Å². The number of para-hydroxylation sites is 1. The van der Waals surface area contributed by atoms with E-state index in [4.69, 9.17) is 9.84 Å². The van der Waals surface area contributed by atoms with Gasteiger partial charge in [0.1, 0.15) is 17.9 Å². The third kappa shape index (κ3) is 7.12. The number of urea groups is 1. The zero-order valence-electron chi connectivity index (χ0n) is 22.9. The lowest BCUT2D eigenvalue weighted by Gasteiger charge is -2.37. The Morgan fingerprint density at radius 1 is 0.976 bits per heavy atom. The highest BCUT2D eigenvalue weighted by atomic mass is 16.5. The maximum absolute atomic E-state index is 13.3. The summed E-state index contributed by atoms with van der Waals surface area (Å²) in [6.07, 6.45) is -2.87. The van der Waals surface area contributed by atoms with Crippen LogP contribution in [0.5, 0.6) is 5.75 Å². The molecule has 2 aromatic rings. The number of nitrogens with one attached hydrogen (secondary N) is 2. The van der Waals surface area contributed by atoms with Crippen molar-refractivity contribution in [2.24, 2.45) is 0 Å². The molecule has 0 unspecified atom stereocenters. The first-order valence-electron chi connectivity index (χ1n) is 13.3. The number of hydrogen-bond donors (Lipinski definition) is 5. The number of carbonyl (C=O) groups excluding carboxylic acids is 3. The molecule has 0 radical (unpaired) electrons. The summed E-state index contributed by atoms with van der Waals surface area (Å²) in [7, 11) is 1.43. The highest BCUT2D eigenvalue weighted by molar-refractivity contribution is 6.01. The van der Waals surface area contributed by atoms with Crippen molar-refractivity contribution in [1.82, 2.24) is 14.7 Å². The average Bonchev–Trinajstić information content (AvgIpc) is 3.24. The quantitative estimate of drug-likeness (QED) is 0.301. The second-order valence-corrected chi connectivity index (χ2v) is 10.1. The van der Waals surface area contributed by atoms with Crippen molar-refractivity contribution in [1.29, 1.82) is 0 Å². The molecule has 0 saturated carbocycles. The lowest BCUT2D eigenvalue weighted by molar-refractivity contribution is -0.148. The minimum Gasteiger partial charge on any atom is -0.495 e. The molecule has 2 heterocycles. The average molecular weight is 570 g/mol. The highest BCUT2D eigenvalue weighted by Gasteiger charge is 2.48. The molecule has 2 aliphatic heterocycles. The third-order valence-corrected chi connectivity index (χ3v) is 7.32. The molecule has 4 rings (SSSR count). The van der Waals surface area contributed by atoms with Gasteiger partial charge in [-0.25, -0.2) is 4.79 Å². The summed E-state index contributed by atoms with van der Waals surface area (Å²) in [5.41, 5.74) is 2.49. The largest absolute Gasteiger partial charge is 0.495 e. The molecule has 41 heavy (non-hydrogen) atoms. The molecule has 2 fully saturated rings. The van der Waals surface area contributed by atoms with Gasteiger partial charge in [-0.05, 0) is 36.2 Å². The summed E-state index contributed by atoms with van der Waals surface area (Å²) in [6.45, 7) is 2.73. The van der Waals surface area contributed by atoms with Crippen molar-refractivity contribution >= 4 is 35.2 Å². The summed E-state index contributed by atoms with van der Waals surface area (Å²) in [4.78, 5) is 54.5. The summed E-state index contributed by atoms with van der Waals surface area (Å²) >= 11 is 0. The van der Waals surface area contributed by atoms with E-state index in [0.717, 1.165) is 5.56 Å². The molecule has 2 aliphatic rings. The van der Waals surface area contributed by atoms with E-state index in [0.29, 0.717) is 35.8 Å². The van der Waals surface area contributed by atoms with Gasteiger partial charge in [0.15, 0.2) is 0 Å². The van der Waals surface area contributed by atoms with Crippen LogP contribution >= 0.6 is 0 Å². The zero-order valence-corrected chi connectivity index (χ0v) is 22.9. The Bertz CT molecular complexity index is 1300. The molecule has 4 amide bonds. The van der Waals surface area contributed by atoms with Crippen LogP contribution in [0.15, 0.2) is 42.5 Å². The van der Waals surface area contributed by atoms with E-state index in [1.807, 2.05) is 25.1 Å². The maximum atomic E-state index is 13.3. The number of methoxy groups -OCH3 is 1. The number of benzene rings is 2. The molecule has 5 N–H and O–H groups in total. The molecule has 0 aliphatic carbocycles. The molecular weight excluding hydrogens is 534 g/mol. The fraction of sp³-hybridized carbons (Fsp3) is 0.429. The Kier molecular flexibility index (Phi) is 9.42. The van der Waals surface area contributed by atoms with Crippen molar-refractivity contribution in [3.8, 4) is 5.75 Å². The van der Waals surface area contributed by atoms with Gasteiger partial charge in [-0.1, -0.05) is 24.3 Å². The van der Waals surface area contributed by atoms with Gasteiger partial charge >= 0.3 is 12.0 Å². The van der Waals surface area contributed by atoms with Crippen LogP contribution in [-0.2, 0) is 20.8 Å². The predicted molar refractivity (Wildman–Crippen MR) is 149 cm³/mol. The van der Waals surface area contributed by atoms with Crippen LogP contribution in [-0.4, -0.2) is 118 Å². The first kappa shape index (κ1) is 29.8. The van der Waals surface area contributed by atoms with E-state index in [1.165, 1.54) is 16.9 Å². The van der Waals surface area contributed by atoms with Crippen LogP contribution in [0.4, 0.5) is 16.2 Å². The SMILES string of the molecule is COc1cc(CC(=O)N2C[C@H](O)[C@H](O)[C@H]2C(=O)N2CCN(CC(=O)O)CC2)ccc1NC(=O)Nc1ccccc1C. The molecule has 0 aromatic heterocycles. The monoisotopic (exact) mass is 569 g/mol. The molecule has 2 aromatic carbocycles. The number of likely N-dealkylation sites (tertiary alicyclic amines) is 1. The van der Waals surface area contributed by atoms with Gasteiger partial charge in [0.25, 0.3) is 0 Å². The number of piperazine rings is 1. The second kappa shape index (κ2) is 13.0. The molecule has 13 heteroatoms. The highest BCUT2D eigenvalue weighted by Crippen LogP contribution is 2.28. The van der Waals surface area contributed by atoms with E-state index in [1.54, 1.807) is 29.2 Å². The number of nitrogens with zero attached hydrogens (tertiary/aromatic N) is 3. The number of anilines is 2. The first-order chi connectivity index (χ1) is 19.6. The van der Waals surface area contributed by atoms with Gasteiger partial charge in [-0.2, -0.15) is 0 Å². The molecule has 2 saturated heterocycles. The normalized spacial score (nSPS) is 20.9. The summed E-state index contributed by atoms with van der Waals surface area (Å²) < 4.78 is 5.42. The van der Waals surface area contributed by atoms with E-state index in [9.17, 15) is 29.4 Å². The molecular formula is C28H35N5O8. The van der Waals surface area contributed by atoms with Crippen LogP contribution in [0.25, 0.3) is 0 Å². The van der Waals surface area contributed by atoms with E-state index < -0.39 is 42.1 Å². The van der Waals surface area contributed by atoms with Crippen LogP contribution in [0.3, 0.4) is 0 Å². The number of aliphatic hydroxyl groups excluding tert-OH is 2. The molecule has 220 valence electrons. The van der Waals surface area contributed by atoms with Gasteiger partial charge in [0, 0.05) is 31.9 Å². The number of rotatable bonds is 8. The lowest BCUT2D eigenvalue weighted by atomic mass is 10.1. The van der Waals surface area contributed by atoms with E-state index in [-0.39, 0.29) is 32.6 Å². The Balaban J connectivity index is 1.41. The van der Waals surface area contributed by atoms with Crippen LogP contribution in [0.1, 0.15) is 11.1 Å². The smallest absolute Gasteiger partial charge is 0.323 e. The number of β-amino-alcohol motifs (C(OH)–C–C–N with tert-alkyl or cyclic N) is 1. The number of aliphatic carboxylic acids is 1. The topological polar surface area (TPSA) is 172 Å². The standard InChI is InChI=1S/C28H35N5O8/c1-17-5-3-4-6-19(17)29-28(40)30-20-8-7-18(13-22(20)41-2)14-23(35)33-15-21(34)26(38)25(33)27(39)32-11-9-31(10-12-32)16-24(36)37/h3-8,13,21,25-26,34,38H,9-12,14-16H2,1-2H3,(H,36,37)(H2,29,30,40)/t21-,25-,26-/m0/s1. The summed E-state index contributed by atoms with van der Waals surface area (Å²) in [5, 5.41) is 35.4. The van der Waals surface area contributed by atoms with Gasteiger partial charge in [0.2, 0.25) is 11.8 Å². The zero-order chi connectivity index (χ0) is 29.7. The third-order valence-electron chi connectivity index (χ3n) is 7.32. The van der Waals surface area contributed by atoms with E-state index >= 15 is 0 Å². The van der Waals surface area contributed by atoms with Crippen LogP contribution < -0.4 is 15.4 Å². The van der Waals surface area contributed by atoms with Crippen LogP contribution in [0, 0.1) is 6.92 Å². The fourth-order valence-electron chi connectivity index (χ4n) is 5.07. The van der Waals surface area contributed by atoms with E-state index in [2.05, 4.69) is 10.6 Å². The number of amides is 4. The van der Waals surface area contributed by atoms with Crippen molar-refractivity contribution in [3.05, 3.63) is 53.6 Å². The van der Waals surface area contributed by atoms with Gasteiger partial charge in [-0.15, -0.1) is 0 Å². The Morgan fingerprint density at radius 3 is 2.32 bits per heavy atom. The molecule has 3 atom stereocenters. The Hall–Kier alpha value is -4.20. The number of carbonyl (C=O) groups is 4. The molecule has 0 bridgehead atoms. The van der Waals surface area contributed by atoms with Gasteiger partial charge in [-0.3, -0.25) is 19.3 Å². The van der Waals surface area contributed by atoms with Crippen molar-refractivity contribution in [3.63, 3.8) is 0 Å². The lowest BCUT2D eigenvalue weighted by Crippen LogP contribution is -2.57. The fourth-order valence-corrected chi connectivity index (χ4v) is 5.07. The van der Waals surface area contributed by atoms with Gasteiger partial charge in [0.05, 0.1) is 38.4 Å². The minimum absolute atomic E-state index is 0.132. The predicted octanol–water partition coefficient (Wildman–Crippen LogP) is 0.352. The number of carboxylic acids is 1. The number of carboxylic acid groups (broad SMARTS) is 1.